The van der Waals surface area contributed by atoms with Crippen LogP contribution in [0.25, 0.3) is 0 Å². The minimum absolute atomic E-state index is 0.222. The molecule has 22 heavy (non-hydrogen) atoms. The van der Waals surface area contributed by atoms with Crippen molar-refractivity contribution in [1.29, 1.82) is 0 Å². The maximum atomic E-state index is 12.7. The number of nitrogens with zero attached hydrogens (tertiary/aromatic N) is 3. The lowest BCUT2D eigenvalue weighted by atomic mass is 9.93. The van der Waals surface area contributed by atoms with E-state index in [1.807, 2.05) is 48.5 Å². The minimum atomic E-state index is -0.674. The predicted octanol–water partition coefficient (Wildman–Crippen LogP) is 2.90. The highest BCUT2D eigenvalue weighted by molar-refractivity contribution is 6.31. The summed E-state index contributed by atoms with van der Waals surface area (Å²) in [5.74, 6) is -0.895. The third-order valence-electron chi connectivity index (χ3n) is 3.58. The molecule has 1 unspecified atom stereocenters. The maximum absolute atomic E-state index is 12.7. The molecule has 2 aromatic rings. The number of anilines is 1. The van der Waals surface area contributed by atoms with Crippen LogP contribution in [-0.4, -0.2) is 22.5 Å². The molecule has 1 heterocycles. The first-order valence-corrected chi connectivity index (χ1v) is 6.94. The Hall–Kier alpha value is -2.95. The molecule has 1 amide bonds. The van der Waals surface area contributed by atoms with Gasteiger partial charge in [-0.15, -0.1) is 0 Å². The Balaban J connectivity index is 1.96. The van der Waals surface area contributed by atoms with Crippen LogP contribution < -0.4 is 5.01 Å². The van der Waals surface area contributed by atoms with Gasteiger partial charge in [-0.2, -0.15) is 10.1 Å². The van der Waals surface area contributed by atoms with Crippen LogP contribution in [0.2, 0.25) is 0 Å². The second-order valence-electron chi connectivity index (χ2n) is 5.01. The topological polar surface area (TPSA) is 65.3 Å². The van der Waals surface area contributed by atoms with Crippen molar-refractivity contribution in [3.05, 3.63) is 66.2 Å². The maximum Gasteiger partial charge on any atom is 0.262 e. The third kappa shape index (κ3) is 2.37. The number of benzene rings is 2. The van der Waals surface area contributed by atoms with Crippen molar-refractivity contribution >= 4 is 23.0 Å². The highest BCUT2D eigenvalue weighted by atomic mass is 16.4. The fourth-order valence-corrected chi connectivity index (χ4v) is 2.53. The lowest BCUT2D eigenvalue weighted by Gasteiger charge is -2.15. The van der Waals surface area contributed by atoms with Gasteiger partial charge >= 0.3 is 0 Å². The normalized spacial score (nSPS) is 18.5. The third-order valence-corrected chi connectivity index (χ3v) is 3.58. The average Bonchev–Trinajstić information content (AvgIpc) is 2.86. The number of oxime groups is 1. The smallest absolute Gasteiger partial charge is 0.262 e. The summed E-state index contributed by atoms with van der Waals surface area (Å²) in [4.78, 5) is 12.7. The van der Waals surface area contributed by atoms with Gasteiger partial charge in [0.05, 0.1) is 11.4 Å². The second-order valence-corrected chi connectivity index (χ2v) is 5.01. The molecule has 0 radical (unpaired) electrons. The van der Waals surface area contributed by atoms with Gasteiger partial charge in [0.1, 0.15) is 11.6 Å². The number of hydrogen-bond acceptors (Lipinski definition) is 4. The molecule has 0 saturated heterocycles. The summed E-state index contributed by atoms with van der Waals surface area (Å²) in [6.07, 6.45) is 0. The fraction of sp³-hybridized carbons (Fsp3) is 0.118. The quantitative estimate of drug-likeness (QED) is 0.537. The van der Waals surface area contributed by atoms with Crippen LogP contribution in [0, 0.1) is 5.92 Å². The summed E-state index contributed by atoms with van der Waals surface area (Å²) in [5.41, 5.74) is 2.31. The molecule has 0 spiro atoms. The van der Waals surface area contributed by atoms with Crippen molar-refractivity contribution in [3.8, 4) is 0 Å². The zero-order chi connectivity index (χ0) is 15.5. The first-order chi connectivity index (χ1) is 10.7. The highest BCUT2D eigenvalue weighted by Crippen LogP contribution is 2.26. The van der Waals surface area contributed by atoms with Crippen LogP contribution in [0.3, 0.4) is 0 Å². The molecule has 1 atom stereocenters. The van der Waals surface area contributed by atoms with Crippen LogP contribution in [-0.2, 0) is 4.79 Å². The number of para-hydroxylation sites is 1. The van der Waals surface area contributed by atoms with Gasteiger partial charge < -0.3 is 5.21 Å². The molecule has 110 valence electrons. The zero-order valence-electron chi connectivity index (χ0n) is 12.0. The molecule has 1 aliphatic rings. The van der Waals surface area contributed by atoms with Crippen molar-refractivity contribution in [2.45, 2.75) is 6.92 Å². The molecule has 0 fully saturated rings. The van der Waals surface area contributed by atoms with E-state index < -0.39 is 5.92 Å². The molecule has 0 aliphatic carbocycles. The lowest BCUT2D eigenvalue weighted by Crippen LogP contribution is -2.33. The summed E-state index contributed by atoms with van der Waals surface area (Å²) in [6, 6.07) is 18.3. The summed E-state index contributed by atoms with van der Waals surface area (Å²) >= 11 is 0. The molecule has 5 heteroatoms. The molecule has 1 aliphatic heterocycles. The molecule has 2 aromatic carbocycles. The van der Waals surface area contributed by atoms with Gasteiger partial charge in [-0.25, -0.2) is 0 Å². The Labute approximate surface area is 128 Å². The molecule has 0 saturated carbocycles. The van der Waals surface area contributed by atoms with Gasteiger partial charge in [0, 0.05) is 5.56 Å². The number of rotatable bonds is 3. The second kappa shape index (κ2) is 5.81. The number of amides is 1. The monoisotopic (exact) mass is 293 g/mol. The predicted molar refractivity (Wildman–Crippen MR) is 85.3 cm³/mol. The van der Waals surface area contributed by atoms with Gasteiger partial charge in [0.15, 0.2) is 0 Å². The Morgan fingerprint density at radius 2 is 1.68 bits per heavy atom. The fourth-order valence-electron chi connectivity index (χ4n) is 2.53. The molecular weight excluding hydrogens is 278 g/mol. The largest absolute Gasteiger partial charge is 0.411 e. The lowest BCUT2D eigenvalue weighted by molar-refractivity contribution is -0.118. The summed E-state index contributed by atoms with van der Waals surface area (Å²) in [5, 5.41) is 18.4. The van der Waals surface area contributed by atoms with E-state index in [-0.39, 0.29) is 5.91 Å². The van der Waals surface area contributed by atoms with E-state index in [2.05, 4.69) is 10.3 Å². The van der Waals surface area contributed by atoms with Gasteiger partial charge in [-0.05, 0) is 19.1 Å². The van der Waals surface area contributed by atoms with Crippen LogP contribution in [0.5, 0.6) is 0 Å². The van der Waals surface area contributed by atoms with Crippen molar-refractivity contribution in [3.63, 3.8) is 0 Å². The van der Waals surface area contributed by atoms with Gasteiger partial charge in [0.25, 0.3) is 5.91 Å². The Morgan fingerprint density at radius 3 is 2.27 bits per heavy atom. The van der Waals surface area contributed by atoms with Crippen LogP contribution >= 0.6 is 0 Å². The Bertz CT molecular complexity index is 739. The SMILES string of the molecule is CC1=NN(c2ccccc2)C(=O)C1C(=NO)c1ccccc1. The van der Waals surface area contributed by atoms with Gasteiger partial charge in [-0.1, -0.05) is 53.7 Å². The van der Waals surface area contributed by atoms with E-state index in [4.69, 9.17) is 0 Å². The molecule has 0 bridgehead atoms. The first kappa shape index (κ1) is 14.0. The number of carbonyl (C=O) groups excluding carboxylic acids is 1. The number of hydrogen-bond donors (Lipinski definition) is 1. The van der Waals surface area contributed by atoms with Crippen LogP contribution in [0.4, 0.5) is 5.69 Å². The van der Waals surface area contributed by atoms with Crippen LogP contribution in [0.1, 0.15) is 12.5 Å². The molecule has 0 aromatic heterocycles. The first-order valence-electron chi connectivity index (χ1n) is 6.94. The summed E-state index contributed by atoms with van der Waals surface area (Å²) < 4.78 is 0. The van der Waals surface area contributed by atoms with Gasteiger partial charge in [-0.3, -0.25) is 4.79 Å². The number of carbonyl (C=O) groups is 1. The Morgan fingerprint density at radius 1 is 1.09 bits per heavy atom. The summed E-state index contributed by atoms with van der Waals surface area (Å²) in [7, 11) is 0. The molecular formula is C17H15N3O2. The number of hydrazone groups is 1. The van der Waals surface area contributed by atoms with E-state index in [1.165, 1.54) is 5.01 Å². The van der Waals surface area contributed by atoms with E-state index >= 15 is 0 Å². The van der Waals surface area contributed by atoms with Crippen molar-refractivity contribution in [2.24, 2.45) is 16.2 Å². The van der Waals surface area contributed by atoms with Crippen molar-refractivity contribution in [2.75, 3.05) is 5.01 Å². The van der Waals surface area contributed by atoms with E-state index in [0.29, 0.717) is 22.7 Å². The van der Waals surface area contributed by atoms with E-state index in [0.717, 1.165) is 0 Å². The standard InChI is InChI=1S/C17H15N3O2/c1-12-15(16(19-22)13-8-4-2-5-9-13)17(21)20(18-12)14-10-6-3-7-11-14/h2-11,15,22H,1H3. The molecule has 3 rings (SSSR count). The molecule has 5 nitrogen and oxygen atoms in total. The van der Waals surface area contributed by atoms with Crippen LogP contribution in [0.15, 0.2) is 70.9 Å². The highest BCUT2D eigenvalue weighted by Gasteiger charge is 2.38. The average molecular weight is 293 g/mol. The minimum Gasteiger partial charge on any atom is -0.411 e. The van der Waals surface area contributed by atoms with Crippen molar-refractivity contribution in [1.82, 2.24) is 0 Å². The van der Waals surface area contributed by atoms with E-state index in [9.17, 15) is 10.0 Å². The van der Waals surface area contributed by atoms with E-state index in [1.54, 1.807) is 19.1 Å². The Kier molecular flexibility index (Phi) is 3.70. The van der Waals surface area contributed by atoms with Crippen molar-refractivity contribution < 1.29 is 10.0 Å². The zero-order valence-corrected chi connectivity index (χ0v) is 12.0. The molecule has 1 N–H and O–H groups in total. The summed E-state index contributed by atoms with van der Waals surface area (Å²) in [6.45, 7) is 1.76. The van der Waals surface area contributed by atoms with Gasteiger partial charge in [0.2, 0.25) is 0 Å².